The van der Waals surface area contributed by atoms with Crippen LogP contribution >= 0.6 is 11.8 Å². The largest absolute Gasteiger partial charge is 0.343 e. The molecule has 2 amide bonds. The van der Waals surface area contributed by atoms with Crippen LogP contribution in [0, 0.1) is 0 Å². The Kier molecular flexibility index (Phi) is 4.45. The molecule has 1 saturated heterocycles. The van der Waals surface area contributed by atoms with Crippen LogP contribution in [0.15, 0.2) is 0 Å². The molecule has 86 valence electrons. The highest BCUT2D eigenvalue weighted by atomic mass is 32.2. The predicted octanol–water partition coefficient (Wildman–Crippen LogP) is 0.475. The monoisotopic (exact) mass is 230 g/mol. The molecule has 2 atom stereocenters. The molecule has 0 radical (unpaired) electrons. The molecule has 1 rings (SSSR count). The van der Waals surface area contributed by atoms with E-state index < -0.39 is 0 Å². The van der Waals surface area contributed by atoms with Gasteiger partial charge in [0.2, 0.25) is 11.8 Å². The van der Waals surface area contributed by atoms with Crippen LogP contribution in [0.3, 0.4) is 0 Å². The highest BCUT2D eigenvalue weighted by Gasteiger charge is 2.28. The van der Waals surface area contributed by atoms with E-state index in [-0.39, 0.29) is 24.4 Å². The number of rotatable bonds is 4. The summed E-state index contributed by atoms with van der Waals surface area (Å²) >= 11 is 1.78. The molecule has 15 heavy (non-hydrogen) atoms. The van der Waals surface area contributed by atoms with Gasteiger partial charge in [-0.05, 0) is 19.6 Å². The summed E-state index contributed by atoms with van der Waals surface area (Å²) in [4.78, 5) is 24.6. The van der Waals surface area contributed by atoms with Gasteiger partial charge in [0, 0.05) is 11.8 Å². The van der Waals surface area contributed by atoms with E-state index in [1.165, 1.54) is 0 Å². The van der Waals surface area contributed by atoms with Crippen molar-refractivity contribution in [2.24, 2.45) is 0 Å². The van der Waals surface area contributed by atoms with Crippen LogP contribution in [0.5, 0.6) is 0 Å². The van der Waals surface area contributed by atoms with Crippen molar-refractivity contribution < 1.29 is 9.59 Å². The summed E-state index contributed by atoms with van der Waals surface area (Å²) in [5, 5.41) is 3.15. The third-order valence-electron chi connectivity index (χ3n) is 2.60. The van der Waals surface area contributed by atoms with Crippen molar-refractivity contribution >= 4 is 23.6 Å². The zero-order valence-electron chi connectivity index (χ0n) is 9.45. The lowest BCUT2D eigenvalue weighted by atomic mass is 10.2. The highest BCUT2D eigenvalue weighted by molar-refractivity contribution is 7.99. The summed E-state index contributed by atoms with van der Waals surface area (Å²) in [6.45, 7) is 4.75. The first-order valence-corrected chi connectivity index (χ1v) is 6.44. The fourth-order valence-corrected chi connectivity index (χ4v) is 1.86. The fraction of sp³-hybridized carbons (Fsp3) is 0.800. The summed E-state index contributed by atoms with van der Waals surface area (Å²) < 4.78 is 0. The van der Waals surface area contributed by atoms with Gasteiger partial charge in [-0.2, -0.15) is 11.8 Å². The molecule has 4 nitrogen and oxygen atoms in total. The third-order valence-corrected chi connectivity index (χ3v) is 3.64. The minimum atomic E-state index is -0.365. The maximum atomic E-state index is 11.7. The molecule has 1 aliphatic rings. The lowest BCUT2D eigenvalue weighted by Gasteiger charge is -2.31. The Hall–Kier alpha value is -0.710. The number of carbonyl (C=O) groups excluding carboxylic acids is 2. The maximum absolute atomic E-state index is 11.7. The van der Waals surface area contributed by atoms with Crippen molar-refractivity contribution in [1.82, 2.24) is 10.2 Å². The molecule has 1 fully saturated rings. The number of nitrogens with zero attached hydrogens (tertiary/aromatic N) is 1. The van der Waals surface area contributed by atoms with Crippen molar-refractivity contribution in [3.63, 3.8) is 0 Å². The average Bonchev–Trinajstić information content (AvgIpc) is 2.20. The van der Waals surface area contributed by atoms with E-state index in [1.54, 1.807) is 23.6 Å². The Bertz CT molecular complexity index is 258. The molecule has 0 aromatic heterocycles. The lowest BCUT2D eigenvalue weighted by Crippen LogP contribution is -2.57. The van der Waals surface area contributed by atoms with E-state index in [2.05, 4.69) is 18.5 Å². The van der Waals surface area contributed by atoms with E-state index in [9.17, 15) is 9.59 Å². The smallest absolute Gasteiger partial charge is 0.245 e. The van der Waals surface area contributed by atoms with Gasteiger partial charge in [-0.1, -0.05) is 6.92 Å². The van der Waals surface area contributed by atoms with E-state index in [1.807, 2.05) is 0 Å². The van der Waals surface area contributed by atoms with Crippen LogP contribution in [0.25, 0.3) is 0 Å². The molecular weight excluding hydrogens is 212 g/mol. The standard InChI is InChI=1S/C10H18N2O2S/c1-7(15-3)4-5-12-6-9(13)11-8(2)10(12)14/h7-8H,4-6H2,1-3H3,(H,11,13). The predicted molar refractivity (Wildman–Crippen MR) is 61.8 cm³/mol. The molecule has 0 saturated carbocycles. The summed E-state index contributed by atoms with van der Waals surface area (Å²) in [6.07, 6.45) is 2.99. The highest BCUT2D eigenvalue weighted by Crippen LogP contribution is 2.11. The number of carbonyl (C=O) groups is 2. The van der Waals surface area contributed by atoms with E-state index in [4.69, 9.17) is 0 Å². The first-order chi connectivity index (χ1) is 7.04. The van der Waals surface area contributed by atoms with Gasteiger partial charge in [-0.3, -0.25) is 9.59 Å². The SMILES string of the molecule is CSC(C)CCN1CC(=O)NC(C)C1=O. The van der Waals surface area contributed by atoms with Crippen molar-refractivity contribution in [2.75, 3.05) is 19.3 Å². The molecule has 0 bridgehead atoms. The number of hydrogen-bond donors (Lipinski definition) is 1. The van der Waals surface area contributed by atoms with Gasteiger partial charge in [0.1, 0.15) is 6.04 Å². The van der Waals surface area contributed by atoms with Crippen molar-refractivity contribution in [3.05, 3.63) is 0 Å². The summed E-state index contributed by atoms with van der Waals surface area (Å²) in [6, 6.07) is -0.365. The summed E-state index contributed by atoms with van der Waals surface area (Å²) in [5.74, 6) is -0.0261. The number of hydrogen-bond acceptors (Lipinski definition) is 3. The van der Waals surface area contributed by atoms with Crippen LogP contribution in [0.4, 0.5) is 0 Å². The van der Waals surface area contributed by atoms with Crippen LogP contribution in [-0.4, -0.2) is 47.4 Å². The Labute approximate surface area is 94.8 Å². The Morgan fingerprint density at radius 2 is 2.27 bits per heavy atom. The van der Waals surface area contributed by atoms with Crippen LogP contribution in [0.1, 0.15) is 20.3 Å². The van der Waals surface area contributed by atoms with Gasteiger partial charge >= 0.3 is 0 Å². The summed E-state index contributed by atoms with van der Waals surface area (Å²) in [5.41, 5.74) is 0. The molecule has 0 spiro atoms. The molecule has 1 aliphatic heterocycles. The molecule has 1 N–H and O–H groups in total. The van der Waals surface area contributed by atoms with E-state index in [0.717, 1.165) is 6.42 Å². The second-order valence-electron chi connectivity index (χ2n) is 3.88. The van der Waals surface area contributed by atoms with Gasteiger partial charge in [-0.25, -0.2) is 0 Å². The second kappa shape index (κ2) is 5.39. The zero-order valence-corrected chi connectivity index (χ0v) is 10.3. The Balaban J connectivity index is 2.45. The zero-order chi connectivity index (χ0) is 11.4. The molecule has 0 aromatic carbocycles. The van der Waals surface area contributed by atoms with Crippen molar-refractivity contribution in [3.8, 4) is 0 Å². The Morgan fingerprint density at radius 1 is 1.60 bits per heavy atom. The van der Waals surface area contributed by atoms with Gasteiger partial charge in [0.25, 0.3) is 0 Å². The van der Waals surface area contributed by atoms with Crippen molar-refractivity contribution in [1.29, 1.82) is 0 Å². The van der Waals surface area contributed by atoms with Gasteiger partial charge < -0.3 is 10.2 Å². The van der Waals surface area contributed by atoms with Gasteiger partial charge in [0.15, 0.2) is 0 Å². The van der Waals surface area contributed by atoms with Gasteiger partial charge in [-0.15, -0.1) is 0 Å². The fourth-order valence-electron chi connectivity index (χ4n) is 1.52. The normalized spacial score (nSPS) is 23.9. The quantitative estimate of drug-likeness (QED) is 0.764. The second-order valence-corrected chi connectivity index (χ2v) is 5.16. The van der Waals surface area contributed by atoms with E-state index >= 15 is 0 Å². The number of amides is 2. The minimum Gasteiger partial charge on any atom is -0.343 e. The van der Waals surface area contributed by atoms with Crippen LogP contribution in [-0.2, 0) is 9.59 Å². The molecule has 0 aliphatic carbocycles. The molecular formula is C10H18N2O2S. The minimum absolute atomic E-state index is 0.0305. The van der Waals surface area contributed by atoms with Crippen LogP contribution in [0.2, 0.25) is 0 Å². The maximum Gasteiger partial charge on any atom is 0.245 e. The number of thioether (sulfide) groups is 1. The topological polar surface area (TPSA) is 49.4 Å². The first kappa shape index (κ1) is 12.4. The van der Waals surface area contributed by atoms with Gasteiger partial charge in [0.05, 0.1) is 6.54 Å². The average molecular weight is 230 g/mol. The Morgan fingerprint density at radius 3 is 2.87 bits per heavy atom. The molecule has 5 heteroatoms. The van der Waals surface area contributed by atoms with Crippen LogP contribution < -0.4 is 5.32 Å². The lowest BCUT2D eigenvalue weighted by molar-refractivity contribution is -0.143. The van der Waals surface area contributed by atoms with Crippen molar-refractivity contribution in [2.45, 2.75) is 31.6 Å². The first-order valence-electron chi connectivity index (χ1n) is 5.15. The third kappa shape index (κ3) is 3.41. The number of nitrogens with one attached hydrogen (secondary N) is 1. The molecule has 2 unspecified atom stereocenters. The number of piperazine rings is 1. The molecule has 1 heterocycles. The summed E-state index contributed by atoms with van der Waals surface area (Å²) in [7, 11) is 0. The van der Waals surface area contributed by atoms with E-state index in [0.29, 0.717) is 11.8 Å². The molecule has 0 aromatic rings.